The molecule has 8 nitrogen and oxygen atoms in total. The first-order chi connectivity index (χ1) is 14.6. The first kappa shape index (κ1) is 20.0. The van der Waals surface area contributed by atoms with Crippen molar-refractivity contribution in [2.75, 3.05) is 18.2 Å². The van der Waals surface area contributed by atoms with Crippen molar-refractivity contribution in [3.63, 3.8) is 0 Å². The number of carbonyl (C=O) groups is 2. The number of H-pyrrole nitrogens is 1. The Labute approximate surface area is 177 Å². The molecule has 3 aromatic rings. The van der Waals surface area contributed by atoms with Crippen LogP contribution in [-0.2, 0) is 4.79 Å². The highest BCUT2D eigenvalue weighted by Gasteiger charge is 2.25. The maximum absolute atomic E-state index is 12.4. The molecule has 1 saturated carbocycles. The summed E-state index contributed by atoms with van der Waals surface area (Å²) in [6.07, 6.45) is 2.01. The summed E-state index contributed by atoms with van der Waals surface area (Å²) in [7, 11) is 1.61. The number of hydrogen-bond donors (Lipinski definition) is 3. The number of para-hydroxylation sites is 1. The molecule has 154 valence electrons. The van der Waals surface area contributed by atoms with Gasteiger partial charge < -0.3 is 15.4 Å². The van der Waals surface area contributed by atoms with Crippen LogP contribution in [0.15, 0.2) is 53.7 Å². The Bertz CT molecular complexity index is 1050. The van der Waals surface area contributed by atoms with Crippen LogP contribution >= 0.6 is 11.8 Å². The van der Waals surface area contributed by atoms with E-state index in [-0.39, 0.29) is 23.6 Å². The van der Waals surface area contributed by atoms with E-state index in [0.717, 1.165) is 24.2 Å². The maximum Gasteiger partial charge on any atom is 0.253 e. The van der Waals surface area contributed by atoms with Crippen LogP contribution in [0, 0.1) is 0 Å². The summed E-state index contributed by atoms with van der Waals surface area (Å²) < 4.78 is 5.15. The molecule has 3 N–H and O–H groups in total. The number of carbonyl (C=O) groups excluding carboxylic acids is 2. The number of amides is 2. The Morgan fingerprint density at radius 2 is 1.93 bits per heavy atom. The zero-order valence-corrected chi connectivity index (χ0v) is 17.2. The van der Waals surface area contributed by atoms with Gasteiger partial charge in [-0.05, 0) is 49.2 Å². The largest absolute Gasteiger partial charge is 0.497 e. The van der Waals surface area contributed by atoms with E-state index in [1.807, 2.05) is 24.3 Å². The molecule has 0 spiro atoms. The second-order valence-corrected chi connectivity index (χ2v) is 7.77. The molecular weight excluding hydrogens is 402 g/mol. The molecule has 1 aliphatic rings. The van der Waals surface area contributed by atoms with Crippen LogP contribution in [0.2, 0.25) is 0 Å². The third-order valence-corrected chi connectivity index (χ3v) is 5.37. The molecule has 0 unspecified atom stereocenters. The van der Waals surface area contributed by atoms with E-state index in [4.69, 9.17) is 4.74 Å². The number of thioether (sulfide) groups is 1. The van der Waals surface area contributed by atoms with Crippen LogP contribution in [0.5, 0.6) is 5.75 Å². The average Bonchev–Trinajstić information content (AvgIpc) is 3.45. The number of ether oxygens (including phenoxy) is 1. The molecule has 1 aliphatic carbocycles. The molecule has 2 aromatic carbocycles. The summed E-state index contributed by atoms with van der Waals surface area (Å²) in [5.41, 5.74) is 1.83. The van der Waals surface area contributed by atoms with Crippen LogP contribution in [0.4, 0.5) is 5.69 Å². The van der Waals surface area contributed by atoms with Crippen molar-refractivity contribution in [3.8, 4) is 17.1 Å². The van der Waals surface area contributed by atoms with E-state index >= 15 is 0 Å². The lowest BCUT2D eigenvalue weighted by atomic mass is 10.1. The summed E-state index contributed by atoms with van der Waals surface area (Å²) in [5, 5.41) is 13.2. The normalized spacial score (nSPS) is 13.0. The fourth-order valence-corrected chi connectivity index (χ4v) is 3.38. The van der Waals surface area contributed by atoms with Gasteiger partial charge in [0.25, 0.3) is 5.91 Å². The molecule has 0 saturated heterocycles. The molecule has 0 atom stereocenters. The summed E-state index contributed by atoms with van der Waals surface area (Å²) in [6.45, 7) is 0. The predicted octanol–water partition coefficient (Wildman–Crippen LogP) is 3.10. The minimum absolute atomic E-state index is 0.123. The van der Waals surface area contributed by atoms with Crippen molar-refractivity contribution in [2.24, 2.45) is 0 Å². The van der Waals surface area contributed by atoms with Gasteiger partial charge in [0.2, 0.25) is 11.1 Å². The Hall–Kier alpha value is -3.33. The van der Waals surface area contributed by atoms with Crippen molar-refractivity contribution in [3.05, 3.63) is 54.1 Å². The van der Waals surface area contributed by atoms with Crippen molar-refractivity contribution in [1.82, 2.24) is 20.5 Å². The van der Waals surface area contributed by atoms with Crippen molar-refractivity contribution in [1.29, 1.82) is 0 Å². The number of anilines is 1. The number of aromatic amines is 1. The molecule has 0 bridgehead atoms. The van der Waals surface area contributed by atoms with Gasteiger partial charge in [-0.3, -0.25) is 14.7 Å². The second kappa shape index (κ2) is 9.00. The second-order valence-electron chi connectivity index (χ2n) is 6.83. The minimum atomic E-state index is -0.234. The van der Waals surface area contributed by atoms with E-state index in [0.29, 0.717) is 22.2 Å². The van der Waals surface area contributed by atoms with Gasteiger partial charge in [-0.1, -0.05) is 23.9 Å². The molecule has 4 rings (SSSR count). The fourth-order valence-electron chi connectivity index (χ4n) is 2.79. The minimum Gasteiger partial charge on any atom is -0.497 e. The molecule has 1 fully saturated rings. The fraction of sp³-hybridized carbons (Fsp3) is 0.238. The van der Waals surface area contributed by atoms with Gasteiger partial charge in [0.15, 0.2) is 5.82 Å². The highest BCUT2D eigenvalue weighted by Crippen LogP contribution is 2.23. The van der Waals surface area contributed by atoms with Gasteiger partial charge in [-0.15, -0.1) is 5.10 Å². The zero-order valence-electron chi connectivity index (χ0n) is 16.3. The summed E-state index contributed by atoms with van der Waals surface area (Å²) in [4.78, 5) is 29.2. The van der Waals surface area contributed by atoms with Crippen LogP contribution < -0.4 is 15.4 Å². The van der Waals surface area contributed by atoms with E-state index < -0.39 is 0 Å². The Morgan fingerprint density at radius 1 is 1.17 bits per heavy atom. The van der Waals surface area contributed by atoms with Crippen LogP contribution in [0.1, 0.15) is 23.2 Å². The molecule has 2 amide bonds. The van der Waals surface area contributed by atoms with Gasteiger partial charge in [-0.2, -0.15) is 0 Å². The lowest BCUT2D eigenvalue weighted by molar-refractivity contribution is -0.113. The summed E-state index contributed by atoms with van der Waals surface area (Å²) in [6, 6.07) is 14.7. The third-order valence-electron chi connectivity index (χ3n) is 4.52. The van der Waals surface area contributed by atoms with Crippen molar-refractivity contribution in [2.45, 2.75) is 24.0 Å². The number of nitrogens with zero attached hydrogens (tertiary/aromatic N) is 2. The average molecular weight is 423 g/mol. The molecule has 1 aromatic heterocycles. The zero-order chi connectivity index (χ0) is 20.9. The standard InChI is InChI=1S/C21H21N5O3S/c1-29-15-10-6-13(7-11-15)19-24-21(26-25-19)30-12-18(27)23-17-5-3-2-4-16(17)20(28)22-14-8-9-14/h2-7,10-11,14H,8-9,12H2,1H3,(H,22,28)(H,23,27)(H,24,25,26). The van der Waals surface area contributed by atoms with E-state index in [9.17, 15) is 9.59 Å². The molecule has 0 radical (unpaired) electrons. The van der Waals surface area contributed by atoms with Crippen LogP contribution in [0.25, 0.3) is 11.4 Å². The number of rotatable bonds is 8. The van der Waals surface area contributed by atoms with E-state index in [2.05, 4.69) is 25.8 Å². The van der Waals surface area contributed by atoms with Gasteiger partial charge in [0.1, 0.15) is 5.75 Å². The number of nitrogens with one attached hydrogen (secondary N) is 3. The van der Waals surface area contributed by atoms with Crippen LogP contribution in [0.3, 0.4) is 0 Å². The van der Waals surface area contributed by atoms with Crippen molar-refractivity contribution >= 4 is 29.3 Å². The number of benzene rings is 2. The third kappa shape index (κ3) is 4.98. The Balaban J connectivity index is 1.34. The van der Waals surface area contributed by atoms with Gasteiger partial charge >= 0.3 is 0 Å². The number of methoxy groups -OCH3 is 1. The molecule has 1 heterocycles. The number of hydrogen-bond acceptors (Lipinski definition) is 6. The smallest absolute Gasteiger partial charge is 0.253 e. The molecule has 30 heavy (non-hydrogen) atoms. The van der Waals surface area contributed by atoms with E-state index in [1.165, 1.54) is 11.8 Å². The quantitative estimate of drug-likeness (QED) is 0.481. The highest BCUT2D eigenvalue weighted by atomic mass is 32.2. The maximum atomic E-state index is 12.4. The summed E-state index contributed by atoms with van der Waals surface area (Å²) >= 11 is 1.22. The predicted molar refractivity (Wildman–Crippen MR) is 115 cm³/mol. The highest BCUT2D eigenvalue weighted by molar-refractivity contribution is 7.99. The van der Waals surface area contributed by atoms with E-state index in [1.54, 1.807) is 31.4 Å². The Morgan fingerprint density at radius 3 is 2.67 bits per heavy atom. The lowest BCUT2D eigenvalue weighted by Gasteiger charge is -2.10. The topological polar surface area (TPSA) is 109 Å². The molecular formula is C21H21N5O3S. The number of aromatic nitrogens is 3. The van der Waals surface area contributed by atoms with Crippen LogP contribution in [-0.4, -0.2) is 45.9 Å². The SMILES string of the molecule is COc1ccc(-c2nc(SCC(=O)Nc3ccccc3C(=O)NC3CC3)n[nH]2)cc1. The lowest BCUT2D eigenvalue weighted by Crippen LogP contribution is -2.27. The molecule has 9 heteroatoms. The Kier molecular flexibility index (Phi) is 5.99. The van der Waals surface area contributed by atoms with Crippen molar-refractivity contribution < 1.29 is 14.3 Å². The first-order valence-electron chi connectivity index (χ1n) is 9.52. The molecule has 0 aliphatic heterocycles. The van der Waals surface area contributed by atoms with Gasteiger partial charge in [-0.25, -0.2) is 4.98 Å². The van der Waals surface area contributed by atoms with Gasteiger partial charge in [0.05, 0.1) is 24.1 Å². The monoisotopic (exact) mass is 423 g/mol. The summed E-state index contributed by atoms with van der Waals surface area (Å²) in [5.74, 6) is 1.10. The first-order valence-corrected chi connectivity index (χ1v) is 10.5. The van der Waals surface area contributed by atoms with Gasteiger partial charge in [0, 0.05) is 11.6 Å².